The third-order valence-corrected chi connectivity index (χ3v) is 18.1. The number of hydrogen-bond acceptors (Lipinski definition) is 15. The first-order valence-corrected chi connectivity index (χ1v) is 42.1. The summed E-state index contributed by atoms with van der Waals surface area (Å²) in [5.41, 5.74) is 0. The van der Waals surface area contributed by atoms with E-state index in [1.54, 1.807) is 0 Å². The van der Waals surface area contributed by atoms with Gasteiger partial charge in [0.15, 0.2) is 12.2 Å². The van der Waals surface area contributed by atoms with E-state index in [1.807, 2.05) is 0 Å². The van der Waals surface area contributed by atoms with E-state index in [9.17, 15) is 43.2 Å². The molecule has 0 fully saturated rings. The zero-order valence-electron chi connectivity index (χ0n) is 62.8. The minimum absolute atomic E-state index is 0.0747. The lowest BCUT2D eigenvalue weighted by Gasteiger charge is -2.21. The average molecular weight is 1450 g/mol. The van der Waals surface area contributed by atoms with Gasteiger partial charge in [0.1, 0.15) is 19.3 Å². The summed E-state index contributed by atoms with van der Waals surface area (Å²) in [5.74, 6) is -2.25. The van der Waals surface area contributed by atoms with Gasteiger partial charge in [0.25, 0.3) is 0 Å². The molecule has 3 N–H and O–H groups in total. The lowest BCUT2D eigenvalue weighted by atomic mass is 10.1. The van der Waals surface area contributed by atoms with Crippen molar-refractivity contribution in [2.45, 2.75) is 341 Å². The summed E-state index contributed by atoms with van der Waals surface area (Å²) >= 11 is 0. The Morgan fingerprint density at radius 1 is 0.290 bits per heavy atom. The third kappa shape index (κ3) is 72.1. The van der Waals surface area contributed by atoms with Crippen LogP contribution in [0.5, 0.6) is 0 Å². The van der Waals surface area contributed by atoms with Crippen LogP contribution in [0.25, 0.3) is 0 Å². The van der Waals surface area contributed by atoms with Gasteiger partial charge in [-0.1, -0.05) is 253 Å². The largest absolute Gasteiger partial charge is 0.472 e. The second-order valence-electron chi connectivity index (χ2n) is 25.9. The Morgan fingerprint density at radius 3 is 0.850 bits per heavy atom. The number of esters is 4. The highest BCUT2D eigenvalue weighted by molar-refractivity contribution is 7.47. The van der Waals surface area contributed by atoms with Crippen molar-refractivity contribution in [3.8, 4) is 0 Å². The zero-order chi connectivity index (χ0) is 73.2. The number of ether oxygens (including phenoxy) is 4. The van der Waals surface area contributed by atoms with Crippen LogP contribution >= 0.6 is 15.6 Å². The Balaban J connectivity index is 5.37. The van der Waals surface area contributed by atoms with Gasteiger partial charge in [0, 0.05) is 25.7 Å². The molecule has 0 aromatic rings. The van der Waals surface area contributed by atoms with Crippen LogP contribution in [-0.4, -0.2) is 96.7 Å². The number of rotatable bonds is 73. The molecule has 0 amide bonds. The molecule has 0 spiro atoms. The molecule has 0 aliphatic carbocycles. The van der Waals surface area contributed by atoms with Crippen LogP contribution in [0.4, 0.5) is 0 Å². The molecule has 0 saturated heterocycles. The van der Waals surface area contributed by atoms with Crippen LogP contribution in [0.15, 0.2) is 109 Å². The van der Waals surface area contributed by atoms with E-state index in [4.69, 9.17) is 37.0 Å². The quantitative estimate of drug-likeness (QED) is 0.0169. The van der Waals surface area contributed by atoms with Crippen LogP contribution in [0.1, 0.15) is 323 Å². The molecule has 0 aromatic carbocycles. The van der Waals surface area contributed by atoms with Gasteiger partial charge in [0.2, 0.25) is 0 Å². The number of aliphatic hydroxyl groups is 1. The van der Waals surface area contributed by atoms with Crippen molar-refractivity contribution in [3.05, 3.63) is 109 Å². The Morgan fingerprint density at radius 2 is 0.520 bits per heavy atom. The molecule has 0 heterocycles. The monoisotopic (exact) mass is 1450 g/mol. The topological polar surface area (TPSA) is 237 Å². The molecular formula is C81H140O17P2. The molecule has 576 valence electrons. The predicted octanol–water partition coefficient (Wildman–Crippen LogP) is 22.6. The smallest absolute Gasteiger partial charge is 0.462 e. The SMILES string of the molecule is CC/C=C\C/C=C\C/C=C\C/C=C\CCCCC(=O)OCC(COP(=O)(O)OCC(O)COP(=O)(O)OCC(COC(=O)CCCCCCCC/C=C\C/C=C\C/C=C\CCCCC)OC(=O)CCCCCCC/C=C\CCCCCC)OC(=O)CCCCCCC/C=C\CCCCCC. The third-order valence-electron chi connectivity index (χ3n) is 16.2. The maximum absolute atomic E-state index is 13.1. The van der Waals surface area contributed by atoms with Crippen molar-refractivity contribution in [3.63, 3.8) is 0 Å². The van der Waals surface area contributed by atoms with Gasteiger partial charge in [-0.2, -0.15) is 0 Å². The zero-order valence-corrected chi connectivity index (χ0v) is 64.6. The van der Waals surface area contributed by atoms with Crippen LogP contribution in [0.2, 0.25) is 0 Å². The van der Waals surface area contributed by atoms with E-state index < -0.39 is 97.5 Å². The van der Waals surface area contributed by atoms with Crippen LogP contribution in [0.3, 0.4) is 0 Å². The van der Waals surface area contributed by atoms with E-state index in [0.717, 1.165) is 173 Å². The molecule has 0 radical (unpaired) electrons. The van der Waals surface area contributed by atoms with Crippen LogP contribution in [0, 0.1) is 0 Å². The summed E-state index contributed by atoms with van der Waals surface area (Å²) in [5, 5.41) is 10.6. The maximum Gasteiger partial charge on any atom is 0.472 e. The van der Waals surface area contributed by atoms with E-state index in [0.29, 0.717) is 25.7 Å². The second kappa shape index (κ2) is 73.0. The summed E-state index contributed by atoms with van der Waals surface area (Å²) in [6, 6.07) is 0. The Bertz CT molecular complexity index is 2320. The van der Waals surface area contributed by atoms with Gasteiger partial charge in [-0.3, -0.25) is 37.3 Å². The standard InChI is InChI=1S/C81H140O17P2/c1-5-9-13-17-21-25-29-33-35-36-37-38-40-44-46-50-54-58-62-66-79(84)92-72-77(98-81(86)68-64-60-56-52-48-42-32-28-24-20-16-12-8-4)74-96-100(89,90)94-70-75(82)69-93-99(87,88)95-73-76(97-80(85)67-63-59-55-51-47-41-31-27-23-19-15-11-7-3)71-91-78(83)65-61-57-53-49-45-43-39-34-30-26-22-18-14-10-6-2/h10,14,21-22,25-28,31-35,37-39,45,49,75-77,82H,5-9,11-13,15-20,23-24,29-30,36,40-44,46-48,50-74H2,1-4H3,(H,87,88)(H,89,90)/b14-10-,25-21-,26-22-,31-27-,32-28-,35-33-,38-37-,39-34-,49-45-. The fourth-order valence-electron chi connectivity index (χ4n) is 10.2. The van der Waals surface area contributed by atoms with Gasteiger partial charge in [0.05, 0.1) is 26.4 Å². The maximum atomic E-state index is 13.1. The van der Waals surface area contributed by atoms with Gasteiger partial charge in [-0.25, -0.2) is 9.13 Å². The number of unbranched alkanes of at least 4 members (excludes halogenated alkanes) is 29. The van der Waals surface area contributed by atoms with E-state index in [1.165, 1.54) is 70.6 Å². The number of hydrogen-bond donors (Lipinski definition) is 3. The van der Waals surface area contributed by atoms with Gasteiger partial charge in [-0.05, 0) is 154 Å². The van der Waals surface area contributed by atoms with Crippen molar-refractivity contribution in [1.29, 1.82) is 0 Å². The molecule has 0 aliphatic rings. The fraction of sp³-hybridized carbons (Fsp3) is 0.728. The fourth-order valence-corrected chi connectivity index (χ4v) is 11.8. The second-order valence-corrected chi connectivity index (χ2v) is 28.8. The minimum Gasteiger partial charge on any atom is -0.462 e. The minimum atomic E-state index is -4.99. The Kier molecular flexibility index (Phi) is 69.9. The Labute approximate surface area is 607 Å². The number of aliphatic hydroxyl groups excluding tert-OH is 1. The molecule has 0 rings (SSSR count). The highest BCUT2D eigenvalue weighted by Gasteiger charge is 2.30. The highest BCUT2D eigenvalue weighted by atomic mass is 31.2. The van der Waals surface area contributed by atoms with Gasteiger partial charge < -0.3 is 33.8 Å². The number of allylic oxidation sites excluding steroid dienone is 18. The lowest BCUT2D eigenvalue weighted by molar-refractivity contribution is -0.161. The molecule has 5 atom stereocenters. The summed E-state index contributed by atoms with van der Waals surface area (Å²) in [7, 11) is -9.97. The summed E-state index contributed by atoms with van der Waals surface area (Å²) < 4.78 is 68.5. The normalized spacial score (nSPS) is 14.5. The summed E-state index contributed by atoms with van der Waals surface area (Å²) in [6.07, 6.45) is 77.9. The van der Waals surface area contributed by atoms with Gasteiger partial charge in [-0.15, -0.1) is 0 Å². The molecule has 19 heteroatoms. The highest BCUT2D eigenvalue weighted by Crippen LogP contribution is 2.45. The number of carbonyl (C=O) groups is 4. The van der Waals surface area contributed by atoms with Crippen LogP contribution in [-0.2, 0) is 65.4 Å². The molecule has 0 bridgehead atoms. The number of phosphoric acid groups is 2. The molecule has 0 aliphatic heterocycles. The molecule has 5 unspecified atom stereocenters. The van der Waals surface area contributed by atoms with Crippen molar-refractivity contribution in [2.75, 3.05) is 39.6 Å². The summed E-state index contributed by atoms with van der Waals surface area (Å²) in [6.45, 7) is 4.64. The van der Waals surface area contributed by atoms with E-state index >= 15 is 0 Å². The predicted molar refractivity (Wildman–Crippen MR) is 408 cm³/mol. The van der Waals surface area contributed by atoms with Crippen molar-refractivity contribution < 1.29 is 80.2 Å². The van der Waals surface area contributed by atoms with Crippen molar-refractivity contribution in [2.24, 2.45) is 0 Å². The van der Waals surface area contributed by atoms with Crippen molar-refractivity contribution in [1.82, 2.24) is 0 Å². The molecule has 100 heavy (non-hydrogen) atoms. The molecule has 17 nitrogen and oxygen atoms in total. The first kappa shape index (κ1) is 95.7. The average Bonchev–Trinajstić information content (AvgIpc) is 0.936. The number of carbonyl (C=O) groups excluding carboxylic acids is 4. The summed E-state index contributed by atoms with van der Waals surface area (Å²) in [4.78, 5) is 72.9. The van der Waals surface area contributed by atoms with Gasteiger partial charge >= 0.3 is 39.5 Å². The van der Waals surface area contributed by atoms with E-state index in [2.05, 4.69) is 137 Å². The van der Waals surface area contributed by atoms with Crippen LogP contribution < -0.4 is 0 Å². The molecule has 0 aromatic heterocycles. The van der Waals surface area contributed by atoms with Crippen molar-refractivity contribution >= 4 is 39.5 Å². The Hall–Kier alpha value is -4.28. The number of phosphoric ester groups is 2. The first-order chi connectivity index (χ1) is 48.7. The van der Waals surface area contributed by atoms with E-state index in [-0.39, 0.29) is 25.7 Å². The molecule has 0 saturated carbocycles. The first-order valence-electron chi connectivity index (χ1n) is 39.1. The lowest BCUT2D eigenvalue weighted by Crippen LogP contribution is -2.30. The molecular weight excluding hydrogens is 1310 g/mol.